The van der Waals surface area contributed by atoms with Crippen molar-refractivity contribution in [3.8, 4) is 21.9 Å². The lowest BCUT2D eigenvalue weighted by Crippen LogP contribution is -2.25. The van der Waals surface area contributed by atoms with Crippen LogP contribution in [0.3, 0.4) is 0 Å². The van der Waals surface area contributed by atoms with Crippen LogP contribution in [0.1, 0.15) is 5.56 Å². The number of anilines is 2. The molecule has 1 aliphatic rings. The van der Waals surface area contributed by atoms with Gasteiger partial charge in [-0.1, -0.05) is 18.2 Å². The minimum Gasteiger partial charge on any atom is -0.397 e. The summed E-state index contributed by atoms with van der Waals surface area (Å²) in [4.78, 5) is 13.3. The number of hydrogen-bond acceptors (Lipinski definition) is 5. The molecular formula is C20H14F2N2O3S. The lowest BCUT2D eigenvalue weighted by atomic mass is 10.1. The van der Waals surface area contributed by atoms with E-state index in [0.717, 1.165) is 10.4 Å². The van der Waals surface area contributed by atoms with Crippen molar-refractivity contribution in [3.63, 3.8) is 0 Å². The zero-order valence-corrected chi connectivity index (χ0v) is 15.1. The van der Waals surface area contributed by atoms with Crippen molar-refractivity contribution >= 4 is 34.7 Å². The highest BCUT2D eigenvalue weighted by atomic mass is 32.1. The number of fused-ring (bicyclic) bond motifs is 1. The average Bonchev–Trinajstić information content (AvgIpc) is 3.27. The van der Waals surface area contributed by atoms with Gasteiger partial charge < -0.3 is 20.5 Å². The first-order valence-electron chi connectivity index (χ1n) is 8.22. The van der Waals surface area contributed by atoms with Gasteiger partial charge in [0, 0.05) is 11.0 Å². The summed E-state index contributed by atoms with van der Waals surface area (Å²) in [6.45, 7) is 0. The third kappa shape index (κ3) is 3.81. The molecule has 0 fully saturated rings. The third-order valence-electron chi connectivity index (χ3n) is 3.97. The summed E-state index contributed by atoms with van der Waals surface area (Å²) in [5, 5.41) is 4.69. The summed E-state index contributed by atoms with van der Waals surface area (Å²) in [7, 11) is 0. The number of nitrogen functional groups attached to an aromatic ring is 1. The molecule has 0 saturated carbocycles. The number of nitrogens with one attached hydrogen (secondary N) is 1. The Morgan fingerprint density at radius 2 is 1.93 bits per heavy atom. The van der Waals surface area contributed by atoms with Crippen molar-refractivity contribution < 1.29 is 23.0 Å². The fourth-order valence-electron chi connectivity index (χ4n) is 2.68. The van der Waals surface area contributed by atoms with E-state index in [1.807, 2.05) is 23.6 Å². The Kier molecular flexibility index (Phi) is 4.48. The first-order chi connectivity index (χ1) is 13.4. The maximum absolute atomic E-state index is 13.1. The molecule has 0 unspecified atom stereocenters. The van der Waals surface area contributed by atoms with E-state index < -0.39 is 12.2 Å². The topological polar surface area (TPSA) is 73.6 Å². The molecule has 0 aliphatic carbocycles. The van der Waals surface area contributed by atoms with Crippen LogP contribution in [0.4, 0.5) is 20.2 Å². The van der Waals surface area contributed by atoms with Crippen LogP contribution in [0, 0.1) is 0 Å². The van der Waals surface area contributed by atoms with Crippen molar-refractivity contribution in [2.75, 3.05) is 11.1 Å². The van der Waals surface area contributed by atoms with E-state index in [0.29, 0.717) is 16.9 Å². The zero-order chi connectivity index (χ0) is 19.7. The van der Waals surface area contributed by atoms with Gasteiger partial charge in [-0.05, 0) is 52.9 Å². The molecule has 0 spiro atoms. The summed E-state index contributed by atoms with van der Waals surface area (Å²) in [5.74, 6) is -0.539. The van der Waals surface area contributed by atoms with Crippen molar-refractivity contribution in [1.29, 1.82) is 0 Å². The minimum absolute atomic E-state index is 0.0511. The van der Waals surface area contributed by atoms with Crippen molar-refractivity contribution in [2.45, 2.75) is 6.29 Å². The largest absolute Gasteiger partial charge is 0.586 e. The first kappa shape index (κ1) is 18.0. The number of thiophene rings is 1. The molecule has 142 valence electrons. The highest BCUT2D eigenvalue weighted by molar-refractivity contribution is 7.13. The summed E-state index contributed by atoms with van der Waals surface area (Å²) in [6.07, 6.45) is -0.908. The molecule has 5 nitrogen and oxygen atoms in total. The van der Waals surface area contributed by atoms with E-state index in [1.165, 1.54) is 24.3 Å². The monoisotopic (exact) mass is 400 g/mol. The van der Waals surface area contributed by atoms with E-state index >= 15 is 0 Å². The van der Waals surface area contributed by atoms with Crippen molar-refractivity contribution in [3.05, 3.63) is 65.6 Å². The second kappa shape index (κ2) is 6.97. The number of hydrogen-bond donors (Lipinski definition) is 2. The van der Waals surface area contributed by atoms with Crippen LogP contribution in [0.2, 0.25) is 0 Å². The van der Waals surface area contributed by atoms with Gasteiger partial charge in [-0.25, -0.2) is 0 Å². The van der Waals surface area contributed by atoms with Gasteiger partial charge in [0.2, 0.25) is 5.91 Å². The molecule has 2 aromatic carbocycles. The van der Waals surface area contributed by atoms with Gasteiger partial charge in [0.05, 0.1) is 11.4 Å². The van der Waals surface area contributed by atoms with E-state index in [2.05, 4.69) is 14.8 Å². The lowest BCUT2D eigenvalue weighted by Gasteiger charge is -2.08. The van der Waals surface area contributed by atoms with E-state index in [1.54, 1.807) is 29.5 Å². The summed E-state index contributed by atoms with van der Waals surface area (Å²) in [5.41, 5.74) is 8.33. The summed E-state index contributed by atoms with van der Waals surface area (Å²) >= 11 is 1.58. The van der Waals surface area contributed by atoms with Gasteiger partial charge in [0.1, 0.15) is 0 Å². The minimum atomic E-state index is -3.67. The standard InChI is InChI=1S/C20H14F2N2O3S/c21-20(22)26-16-7-3-12(10-17(16)27-20)4-8-19(25)24-15-11-13(5-6-14(15)23)18-2-1-9-28-18/h1-11H,23H2,(H,24,25). The van der Waals surface area contributed by atoms with E-state index in [4.69, 9.17) is 5.73 Å². The Balaban J connectivity index is 1.47. The van der Waals surface area contributed by atoms with Crippen LogP contribution in [0.25, 0.3) is 16.5 Å². The number of rotatable bonds is 4. The van der Waals surface area contributed by atoms with Gasteiger partial charge in [0.15, 0.2) is 11.5 Å². The maximum Gasteiger partial charge on any atom is 0.586 e. The van der Waals surface area contributed by atoms with Gasteiger partial charge in [-0.3, -0.25) is 4.79 Å². The SMILES string of the molecule is Nc1ccc(-c2cccs2)cc1NC(=O)C=Cc1ccc2c(c1)OC(F)(F)O2. The van der Waals surface area contributed by atoms with Gasteiger partial charge in [-0.15, -0.1) is 20.1 Å². The number of nitrogens with two attached hydrogens (primary N) is 1. The van der Waals surface area contributed by atoms with Crippen LogP contribution >= 0.6 is 11.3 Å². The smallest absolute Gasteiger partial charge is 0.397 e. The molecule has 3 aromatic rings. The number of alkyl halides is 2. The molecule has 1 amide bonds. The molecule has 2 heterocycles. The maximum atomic E-state index is 13.1. The summed E-state index contributed by atoms with van der Waals surface area (Å²) in [6, 6.07) is 13.6. The van der Waals surface area contributed by atoms with Gasteiger partial charge in [-0.2, -0.15) is 0 Å². The number of ether oxygens (including phenoxy) is 2. The third-order valence-corrected chi connectivity index (χ3v) is 4.89. The van der Waals surface area contributed by atoms with Crippen LogP contribution in [-0.4, -0.2) is 12.2 Å². The molecule has 4 rings (SSSR count). The molecule has 1 aromatic heterocycles. The Morgan fingerprint density at radius 1 is 1.11 bits per heavy atom. The van der Waals surface area contributed by atoms with Crippen LogP contribution in [0.5, 0.6) is 11.5 Å². The predicted octanol–water partition coefficient (Wildman–Crippen LogP) is 4.97. The van der Waals surface area contributed by atoms with E-state index in [9.17, 15) is 13.6 Å². The molecule has 0 saturated heterocycles. The quantitative estimate of drug-likeness (QED) is 0.479. The van der Waals surface area contributed by atoms with Crippen LogP contribution in [0.15, 0.2) is 60.0 Å². The number of benzene rings is 2. The lowest BCUT2D eigenvalue weighted by molar-refractivity contribution is -0.286. The molecule has 28 heavy (non-hydrogen) atoms. The Hall–Kier alpha value is -3.39. The molecular weight excluding hydrogens is 386 g/mol. The van der Waals surface area contributed by atoms with Gasteiger partial charge in [0.25, 0.3) is 0 Å². The molecule has 1 aliphatic heterocycles. The molecule has 0 radical (unpaired) electrons. The van der Waals surface area contributed by atoms with Crippen LogP contribution in [-0.2, 0) is 4.79 Å². The second-order valence-corrected chi connectivity index (χ2v) is 6.92. The van der Waals surface area contributed by atoms with Crippen LogP contribution < -0.4 is 20.5 Å². The molecule has 0 atom stereocenters. The summed E-state index contributed by atoms with van der Waals surface area (Å²) < 4.78 is 34.9. The molecule has 8 heteroatoms. The van der Waals surface area contributed by atoms with E-state index in [-0.39, 0.29) is 11.5 Å². The van der Waals surface area contributed by atoms with Gasteiger partial charge >= 0.3 is 6.29 Å². The number of halogens is 2. The molecule has 0 bridgehead atoms. The molecule has 3 N–H and O–H groups in total. The number of carbonyl (C=O) groups is 1. The number of amides is 1. The average molecular weight is 400 g/mol. The normalized spacial score (nSPS) is 14.4. The fraction of sp³-hybridized carbons (Fsp3) is 0.0500. The first-order valence-corrected chi connectivity index (χ1v) is 9.10. The highest BCUT2D eigenvalue weighted by Gasteiger charge is 2.43. The Morgan fingerprint density at radius 3 is 2.71 bits per heavy atom. The fourth-order valence-corrected chi connectivity index (χ4v) is 3.40. The number of carbonyl (C=O) groups excluding carboxylic acids is 1. The second-order valence-electron chi connectivity index (χ2n) is 5.98. The van der Waals surface area contributed by atoms with Crippen molar-refractivity contribution in [1.82, 2.24) is 0 Å². The Labute approximate surface area is 163 Å². The Bertz CT molecular complexity index is 1070. The van der Waals surface area contributed by atoms with Crippen molar-refractivity contribution in [2.24, 2.45) is 0 Å². The zero-order valence-electron chi connectivity index (χ0n) is 14.3. The predicted molar refractivity (Wildman–Crippen MR) is 104 cm³/mol. The highest BCUT2D eigenvalue weighted by Crippen LogP contribution is 2.41.